The average Bonchev–Trinajstić information content (AvgIpc) is 2.73. The molecule has 0 bridgehead atoms. The van der Waals surface area contributed by atoms with Gasteiger partial charge in [-0.3, -0.25) is 4.79 Å². The number of carbonyl (C=O) groups is 1. The van der Waals surface area contributed by atoms with Crippen molar-refractivity contribution < 1.29 is 14.3 Å². The normalized spacial score (nSPS) is 25.1. The van der Waals surface area contributed by atoms with Gasteiger partial charge in [-0.05, 0) is 24.6 Å². The number of anilines is 1. The third-order valence-electron chi connectivity index (χ3n) is 3.87. The van der Waals surface area contributed by atoms with Crippen LogP contribution in [0.4, 0.5) is 5.69 Å². The Balaban J connectivity index is 1.71. The third-order valence-corrected chi connectivity index (χ3v) is 3.87. The highest BCUT2D eigenvalue weighted by Crippen LogP contribution is 2.32. The summed E-state index contributed by atoms with van der Waals surface area (Å²) in [6, 6.07) is 5.55. The van der Waals surface area contributed by atoms with Crippen LogP contribution in [-0.4, -0.2) is 32.2 Å². The Morgan fingerprint density at radius 2 is 2.05 bits per heavy atom. The molecule has 1 aromatic rings. The van der Waals surface area contributed by atoms with Gasteiger partial charge in [-0.1, -0.05) is 6.92 Å². The van der Waals surface area contributed by atoms with Crippen LogP contribution >= 0.6 is 0 Å². The van der Waals surface area contributed by atoms with Gasteiger partial charge in [-0.25, -0.2) is 0 Å². The second kappa shape index (κ2) is 5.71. The Morgan fingerprint density at radius 1 is 1.25 bits per heavy atom. The van der Waals surface area contributed by atoms with E-state index in [9.17, 15) is 4.79 Å². The zero-order valence-electron chi connectivity index (χ0n) is 11.6. The van der Waals surface area contributed by atoms with E-state index in [1.54, 1.807) is 0 Å². The van der Waals surface area contributed by atoms with Crippen LogP contribution in [0.15, 0.2) is 18.2 Å². The molecule has 2 heterocycles. The standard InChI is InChI=1S/C15H20N2O3/c1-10-8-16-9-12(10)15(18)17-11-3-4-13-14(7-11)20-6-2-5-19-13/h3-4,7,10,12,16H,2,5-6,8-9H2,1H3,(H,17,18). The minimum absolute atomic E-state index is 0.0333. The molecule has 1 saturated heterocycles. The fraction of sp³-hybridized carbons (Fsp3) is 0.533. The molecule has 1 aromatic carbocycles. The van der Waals surface area contributed by atoms with Crippen LogP contribution in [0, 0.1) is 11.8 Å². The van der Waals surface area contributed by atoms with E-state index in [1.807, 2.05) is 18.2 Å². The topological polar surface area (TPSA) is 59.6 Å². The number of nitrogens with one attached hydrogen (secondary N) is 2. The molecule has 108 valence electrons. The molecule has 0 spiro atoms. The number of carbonyl (C=O) groups excluding carboxylic acids is 1. The molecule has 2 aliphatic rings. The van der Waals surface area contributed by atoms with Crippen LogP contribution in [0.1, 0.15) is 13.3 Å². The van der Waals surface area contributed by atoms with Crippen LogP contribution in [0.5, 0.6) is 11.5 Å². The predicted molar refractivity (Wildman–Crippen MR) is 76.2 cm³/mol. The number of hydrogen-bond acceptors (Lipinski definition) is 4. The maximum Gasteiger partial charge on any atom is 0.229 e. The van der Waals surface area contributed by atoms with Gasteiger partial charge in [0.2, 0.25) is 5.91 Å². The van der Waals surface area contributed by atoms with Crippen molar-refractivity contribution in [3.63, 3.8) is 0 Å². The number of amides is 1. The highest BCUT2D eigenvalue weighted by Gasteiger charge is 2.29. The van der Waals surface area contributed by atoms with Crippen LogP contribution in [-0.2, 0) is 4.79 Å². The van der Waals surface area contributed by atoms with E-state index in [0.29, 0.717) is 24.9 Å². The Kier molecular flexibility index (Phi) is 3.78. The molecule has 3 rings (SSSR count). The van der Waals surface area contributed by atoms with Crippen LogP contribution < -0.4 is 20.1 Å². The van der Waals surface area contributed by atoms with Crippen molar-refractivity contribution in [1.29, 1.82) is 0 Å². The summed E-state index contributed by atoms with van der Waals surface area (Å²) in [5.41, 5.74) is 0.762. The summed E-state index contributed by atoms with van der Waals surface area (Å²) < 4.78 is 11.2. The van der Waals surface area contributed by atoms with Crippen molar-refractivity contribution in [1.82, 2.24) is 5.32 Å². The molecule has 1 fully saturated rings. The first-order chi connectivity index (χ1) is 9.74. The number of benzene rings is 1. The van der Waals surface area contributed by atoms with E-state index < -0.39 is 0 Å². The zero-order valence-corrected chi connectivity index (χ0v) is 11.6. The lowest BCUT2D eigenvalue weighted by molar-refractivity contribution is -0.120. The molecule has 5 nitrogen and oxygen atoms in total. The molecule has 2 unspecified atom stereocenters. The van der Waals surface area contributed by atoms with Crippen molar-refractivity contribution in [3.8, 4) is 11.5 Å². The van der Waals surface area contributed by atoms with E-state index in [-0.39, 0.29) is 11.8 Å². The van der Waals surface area contributed by atoms with Gasteiger partial charge in [0.1, 0.15) is 0 Å². The second-order valence-corrected chi connectivity index (χ2v) is 5.44. The summed E-state index contributed by atoms with van der Waals surface area (Å²) in [6.45, 7) is 5.06. The van der Waals surface area contributed by atoms with E-state index in [0.717, 1.165) is 30.9 Å². The minimum Gasteiger partial charge on any atom is -0.490 e. The Bertz CT molecular complexity index is 504. The fourth-order valence-corrected chi connectivity index (χ4v) is 2.64. The van der Waals surface area contributed by atoms with Gasteiger partial charge in [-0.2, -0.15) is 0 Å². The predicted octanol–water partition coefficient (Wildman–Crippen LogP) is 1.64. The third kappa shape index (κ3) is 2.72. The number of fused-ring (bicyclic) bond motifs is 1. The van der Waals surface area contributed by atoms with Crippen molar-refractivity contribution in [2.75, 3.05) is 31.6 Å². The highest BCUT2D eigenvalue weighted by atomic mass is 16.5. The van der Waals surface area contributed by atoms with Crippen molar-refractivity contribution in [2.24, 2.45) is 11.8 Å². The lowest BCUT2D eigenvalue weighted by Gasteiger charge is -2.15. The summed E-state index contributed by atoms with van der Waals surface area (Å²) in [7, 11) is 0. The minimum atomic E-state index is 0.0333. The molecule has 0 saturated carbocycles. The Hall–Kier alpha value is -1.75. The van der Waals surface area contributed by atoms with Crippen LogP contribution in [0.3, 0.4) is 0 Å². The van der Waals surface area contributed by atoms with Gasteiger partial charge < -0.3 is 20.1 Å². The van der Waals surface area contributed by atoms with Gasteiger partial charge in [0, 0.05) is 24.7 Å². The summed E-state index contributed by atoms with van der Waals surface area (Å²) >= 11 is 0. The monoisotopic (exact) mass is 276 g/mol. The first-order valence-electron chi connectivity index (χ1n) is 7.15. The van der Waals surface area contributed by atoms with Gasteiger partial charge in [0.15, 0.2) is 11.5 Å². The summed E-state index contributed by atoms with van der Waals surface area (Å²) in [4.78, 5) is 12.2. The van der Waals surface area contributed by atoms with Gasteiger partial charge in [-0.15, -0.1) is 0 Å². The molecule has 2 N–H and O–H groups in total. The summed E-state index contributed by atoms with van der Waals surface area (Å²) in [6.07, 6.45) is 0.877. The summed E-state index contributed by atoms with van der Waals surface area (Å²) in [5, 5.41) is 6.21. The molecule has 5 heteroatoms. The lowest BCUT2D eigenvalue weighted by Crippen LogP contribution is -2.27. The molecule has 2 aliphatic heterocycles. The Labute approximate surface area is 118 Å². The number of hydrogen-bond donors (Lipinski definition) is 2. The van der Waals surface area contributed by atoms with E-state index in [4.69, 9.17) is 9.47 Å². The summed E-state index contributed by atoms with van der Waals surface area (Å²) in [5.74, 6) is 1.92. The van der Waals surface area contributed by atoms with Crippen LogP contribution in [0.25, 0.3) is 0 Å². The van der Waals surface area contributed by atoms with Crippen molar-refractivity contribution in [2.45, 2.75) is 13.3 Å². The molecule has 0 radical (unpaired) electrons. The number of ether oxygens (including phenoxy) is 2. The van der Waals surface area contributed by atoms with Crippen molar-refractivity contribution >= 4 is 11.6 Å². The van der Waals surface area contributed by atoms with Crippen molar-refractivity contribution in [3.05, 3.63) is 18.2 Å². The first-order valence-corrected chi connectivity index (χ1v) is 7.15. The number of rotatable bonds is 2. The quantitative estimate of drug-likeness (QED) is 0.862. The fourth-order valence-electron chi connectivity index (χ4n) is 2.64. The lowest BCUT2D eigenvalue weighted by atomic mass is 9.97. The van der Waals surface area contributed by atoms with Gasteiger partial charge in [0.05, 0.1) is 19.1 Å². The zero-order chi connectivity index (χ0) is 13.9. The molecule has 2 atom stereocenters. The Morgan fingerprint density at radius 3 is 2.80 bits per heavy atom. The molecule has 20 heavy (non-hydrogen) atoms. The molecule has 0 aromatic heterocycles. The van der Waals surface area contributed by atoms with Gasteiger partial charge >= 0.3 is 0 Å². The largest absolute Gasteiger partial charge is 0.490 e. The first kappa shape index (κ1) is 13.2. The van der Waals surface area contributed by atoms with E-state index in [2.05, 4.69) is 17.6 Å². The second-order valence-electron chi connectivity index (χ2n) is 5.44. The SMILES string of the molecule is CC1CNCC1C(=O)Nc1ccc2c(c1)OCCCO2. The molecule has 0 aliphatic carbocycles. The van der Waals surface area contributed by atoms with E-state index >= 15 is 0 Å². The van der Waals surface area contributed by atoms with Gasteiger partial charge in [0.25, 0.3) is 0 Å². The maximum absolute atomic E-state index is 12.2. The molecular formula is C15H20N2O3. The maximum atomic E-state index is 12.2. The highest BCUT2D eigenvalue weighted by molar-refractivity contribution is 5.93. The molecular weight excluding hydrogens is 256 g/mol. The smallest absolute Gasteiger partial charge is 0.229 e. The van der Waals surface area contributed by atoms with Crippen LogP contribution in [0.2, 0.25) is 0 Å². The molecule has 1 amide bonds. The van der Waals surface area contributed by atoms with E-state index in [1.165, 1.54) is 0 Å². The average molecular weight is 276 g/mol.